The number of alkyl halides is 2. The van der Waals surface area contributed by atoms with Crippen LogP contribution in [0, 0.1) is 17.8 Å². The summed E-state index contributed by atoms with van der Waals surface area (Å²) in [6.07, 6.45) is 7.30. The van der Waals surface area contributed by atoms with Crippen molar-refractivity contribution in [1.29, 1.82) is 0 Å². The maximum Gasteiger partial charge on any atom is 0.252 e. The van der Waals surface area contributed by atoms with Gasteiger partial charge in [0, 0.05) is 18.4 Å². The number of hydrogen-bond donors (Lipinski definition) is 1. The molecule has 0 aromatic carbocycles. The second-order valence-corrected chi connectivity index (χ2v) is 6.56. The van der Waals surface area contributed by atoms with Gasteiger partial charge in [-0.1, -0.05) is 52.9 Å². The van der Waals surface area contributed by atoms with Crippen molar-refractivity contribution in [1.82, 2.24) is 5.32 Å². The Morgan fingerprint density at radius 1 is 1.15 bits per heavy atom. The predicted molar refractivity (Wildman–Crippen MR) is 82.2 cm³/mol. The molecule has 1 saturated carbocycles. The van der Waals surface area contributed by atoms with Crippen LogP contribution >= 0.6 is 0 Å². The van der Waals surface area contributed by atoms with E-state index >= 15 is 0 Å². The van der Waals surface area contributed by atoms with Gasteiger partial charge in [-0.2, -0.15) is 0 Å². The molecule has 1 fully saturated rings. The molecule has 0 aromatic heterocycles. The lowest BCUT2D eigenvalue weighted by molar-refractivity contribution is -0.116. The first-order valence-electron chi connectivity index (χ1n) is 8.55. The van der Waals surface area contributed by atoms with Crippen LogP contribution in [0.25, 0.3) is 0 Å². The van der Waals surface area contributed by atoms with Crippen molar-refractivity contribution in [2.45, 2.75) is 84.1 Å². The molecule has 0 spiro atoms. The first-order chi connectivity index (χ1) is 9.50. The Hall–Kier alpha value is -0.180. The van der Waals surface area contributed by atoms with Crippen LogP contribution in [0.15, 0.2) is 0 Å². The normalized spacial score (nSPS) is 31.2. The average Bonchev–Trinajstić information content (AvgIpc) is 2.42. The predicted octanol–water partition coefficient (Wildman–Crippen LogP) is 5.25. The second kappa shape index (κ2) is 8.31. The zero-order chi connectivity index (χ0) is 15.2. The van der Waals surface area contributed by atoms with Gasteiger partial charge < -0.3 is 5.32 Å². The maximum atomic E-state index is 14.1. The van der Waals surface area contributed by atoms with E-state index in [-0.39, 0.29) is 12.5 Å². The molecular weight excluding hydrogens is 256 g/mol. The highest BCUT2D eigenvalue weighted by Gasteiger charge is 2.49. The molecule has 20 heavy (non-hydrogen) atoms. The molecule has 0 saturated heterocycles. The van der Waals surface area contributed by atoms with E-state index in [0.29, 0.717) is 24.7 Å². The number of unbranched alkanes of at least 4 members (excludes halogenated alkanes) is 1. The highest BCUT2D eigenvalue weighted by Crippen LogP contribution is 2.46. The van der Waals surface area contributed by atoms with Gasteiger partial charge in [-0.05, 0) is 31.7 Å². The van der Waals surface area contributed by atoms with Crippen LogP contribution in [0.4, 0.5) is 8.78 Å². The first kappa shape index (κ1) is 17.9. The SMILES string of the molecule is CCCCC(CCC)C1CC(CC)C(F)(F)CC1NC. The van der Waals surface area contributed by atoms with Crippen LogP contribution in [0.2, 0.25) is 0 Å². The molecule has 1 nitrogen and oxygen atoms in total. The van der Waals surface area contributed by atoms with Crippen LogP contribution in [-0.2, 0) is 0 Å². The van der Waals surface area contributed by atoms with E-state index in [1.165, 1.54) is 25.7 Å². The standard InChI is InChI=1S/C17H33F2N/c1-5-8-10-13(9-6-2)15-11-14(7-3)17(18,19)12-16(15)20-4/h13-16,20H,5-12H2,1-4H3. The number of nitrogens with one attached hydrogen (secondary N) is 1. The molecule has 0 radical (unpaired) electrons. The van der Waals surface area contributed by atoms with Crippen molar-refractivity contribution >= 4 is 0 Å². The zero-order valence-corrected chi connectivity index (χ0v) is 13.7. The van der Waals surface area contributed by atoms with Crippen molar-refractivity contribution in [3.05, 3.63) is 0 Å². The summed E-state index contributed by atoms with van der Waals surface area (Å²) < 4.78 is 28.3. The third-order valence-electron chi connectivity index (χ3n) is 5.22. The third kappa shape index (κ3) is 4.41. The summed E-state index contributed by atoms with van der Waals surface area (Å²) in [7, 11) is 1.85. The Bertz CT molecular complexity index is 268. The Balaban J connectivity index is 2.81. The number of rotatable bonds is 8. The minimum Gasteiger partial charge on any atom is -0.316 e. The van der Waals surface area contributed by atoms with E-state index in [1.807, 2.05) is 14.0 Å². The molecule has 0 amide bonds. The summed E-state index contributed by atoms with van der Waals surface area (Å²) in [5.41, 5.74) is 0. The summed E-state index contributed by atoms with van der Waals surface area (Å²) in [6.45, 7) is 6.33. The van der Waals surface area contributed by atoms with Crippen LogP contribution in [0.3, 0.4) is 0 Å². The Kier molecular flexibility index (Phi) is 7.42. The van der Waals surface area contributed by atoms with E-state index in [2.05, 4.69) is 19.2 Å². The lowest BCUT2D eigenvalue weighted by Gasteiger charge is -2.44. The van der Waals surface area contributed by atoms with Gasteiger partial charge in [0.15, 0.2) is 0 Å². The fourth-order valence-electron chi connectivity index (χ4n) is 3.99. The third-order valence-corrected chi connectivity index (χ3v) is 5.22. The van der Waals surface area contributed by atoms with E-state index in [9.17, 15) is 8.78 Å². The highest BCUT2D eigenvalue weighted by atomic mass is 19.3. The fraction of sp³-hybridized carbons (Fsp3) is 1.00. The molecule has 1 aliphatic rings. The van der Waals surface area contributed by atoms with Crippen LogP contribution in [0.5, 0.6) is 0 Å². The van der Waals surface area contributed by atoms with E-state index in [4.69, 9.17) is 0 Å². The lowest BCUT2D eigenvalue weighted by Crippen LogP contribution is -2.50. The first-order valence-corrected chi connectivity index (χ1v) is 8.55. The molecule has 3 heteroatoms. The van der Waals surface area contributed by atoms with Gasteiger partial charge in [0.25, 0.3) is 5.92 Å². The van der Waals surface area contributed by atoms with Gasteiger partial charge in [0.1, 0.15) is 0 Å². The minimum atomic E-state index is -2.49. The highest BCUT2D eigenvalue weighted by molar-refractivity contribution is 4.95. The van der Waals surface area contributed by atoms with E-state index < -0.39 is 11.8 Å². The van der Waals surface area contributed by atoms with Gasteiger partial charge in [0.05, 0.1) is 0 Å². The molecule has 1 aliphatic carbocycles. The molecule has 4 unspecified atom stereocenters. The maximum absolute atomic E-state index is 14.1. The Morgan fingerprint density at radius 3 is 2.35 bits per heavy atom. The zero-order valence-electron chi connectivity index (χ0n) is 13.7. The average molecular weight is 289 g/mol. The van der Waals surface area contributed by atoms with Crippen molar-refractivity contribution in [2.75, 3.05) is 7.05 Å². The molecule has 4 atom stereocenters. The minimum absolute atomic E-state index is 0.0128. The molecule has 0 heterocycles. The molecule has 1 N–H and O–H groups in total. The van der Waals surface area contributed by atoms with Crippen LogP contribution < -0.4 is 5.32 Å². The van der Waals surface area contributed by atoms with Crippen molar-refractivity contribution < 1.29 is 8.78 Å². The molecule has 120 valence electrons. The lowest BCUT2D eigenvalue weighted by atomic mass is 9.67. The summed E-state index contributed by atoms with van der Waals surface area (Å²) in [4.78, 5) is 0. The largest absolute Gasteiger partial charge is 0.316 e. The molecule has 0 aromatic rings. The van der Waals surface area contributed by atoms with E-state index in [1.54, 1.807) is 0 Å². The van der Waals surface area contributed by atoms with Crippen molar-refractivity contribution in [2.24, 2.45) is 17.8 Å². The van der Waals surface area contributed by atoms with Crippen molar-refractivity contribution in [3.63, 3.8) is 0 Å². The quantitative estimate of drug-likeness (QED) is 0.643. The summed E-state index contributed by atoms with van der Waals surface area (Å²) in [6, 6.07) is -0.0128. The molecule has 0 bridgehead atoms. The number of hydrogen-bond acceptors (Lipinski definition) is 1. The van der Waals surface area contributed by atoms with Crippen molar-refractivity contribution in [3.8, 4) is 0 Å². The monoisotopic (exact) mass is 289 g/mol. The topological polar surface area (TPSA) is 12.0 Å². The summed E-state index contributed by atoms with van der Waals surface area (Å²) in [5.74, 6) is -1.86. The van der Waals surface area contributed by atoms with Gasteiger partial charge in [0.2, 0.25) is 0 Å². The van der Waals surface area contributed by atoms with Gasteiger partial charge in [-0.15, -0.1) is 0 Å². The summed E-state index contributed by atoms with van der Waals surface area (Å²) >= 11 is 0. The smallest absolute Gasteiger partial charge is 0.252 e. The van der Waals surface area contributed by atoms with Gasteiger partial charge >= 0.3 is 0 Å². The molecule has 0 aliphatic heterocycles. The van der Waals surface area contributed by atoms with Crippen LogP contribution in [0.1, 0.15) is 72.1 Å². The van der Waals surface area contributed by atoms with E-state index in [0.717, 1.165) is 6.42 Å². The van der Waals surface area contributed by atoms with Crippen LogP contribution in [-0.4, -0.2) is 19.0 Å². The molecule has 1 rings (SSSR count). The van der Waals surface area contributed by atoms with Gasteiger partial charge in [-0.3, -0.25) is 0 Å². The Labute approximate surface area is 123 Å². The number of halogens is 2. The van der Waals surface area contributed by atoms with Gasteiger partial charge in [-0.25, -0.2) is 8.78 Å². The molecular formula is C17H33F2N. The second-order valence-electron chi connectivity index (χ2n) is 6.56. The summed E-state index contributed by atoms with van der Waals surface area (Å²) in [5, 5.41) is 3.19. The Morgan fingerprint density at radius 2 is 1.85 bits per heavy atom. The fourth-order valence-corrected chi connectivity index (χ4v) is 3.99.